The fraction of sp³-hybridized carbons (Fsp3) is 0. The van der Waals surface area contributed by atoms with Gasteiger partial charge in [-0.3, -0.25) is 0 Å². The molecule has 0 aliphatic carbocycles. The Labute approximate surface area is 36.2 Å². The Morgan fingerprint density at radius 1 is 0.833 bits per heavy atom. The number of rotatable bonds is 0. The molecular weight excluding hydrogens is 76.1 g/mol. The maximum absolute atomic E-state index is 4.68. The van der Waals surface area contributed by atoms with Crippen molar-refractivity contribution in [3.63, 3.8) is 0 Å². The zero-order valence-corrected chi connectivity index (χ0v) is 3.29. The second-order valence-corrected chi connectivity index (χ2v) is 0.986. The predicted molar refractivity (Wildman–Crippen MR) is 23.1 cm³/mol. The summed E-state index contributed by atoms with van der Waals surface area (Å²) in [6, 6.07) is 5.57. The first-order valence-corrected chi connectivity index (χ1v) is 1.80. The number of hydrogen-bond donors (Lipinski definition) is 0. The van der Waals surface area contributed by atoms with Gasteiger partial charge in [0.25, 0.3) is 0 Å². The van der Waals surface area contributed by atoms with Gasteiger partial charge in [-0.25, -0.2) is 4.42 Å². The molecule has 0 atom stereocenters. The van der Waals surface area contributed by atoms with E-state index >= 15 is 0 Å². The monoisotopic (exact) mass is 81.0 g/mol. The van der Waals surface area contributed by atoms with E-state index < -0.39 is 0 Å². The summed E-state index contributed by atoms with van der Waals surface area (Å²) in [5.41, 5.74) is 0. The SMILES string of the molecule is c1cc[o+]cc1. The quantitative estimate of drug-likeness (QED) is 0.431. The molecule has 0 spiro atoms. The normalized spacial score (nSPS) is 8.00. The minimum Gasteiger partial charge on any atom is -0.224 e. The lowest BCUT2D eigenvalue weighted by molar-refractivity contribution is 0.550. The topological polar surface area (TPSA) is 11.3 Å². The van der Waals surface area contributed by atoms with E-state index in [1.54, 1.807) is 12.5 Å². The van der Waals surface area contributed by atoms with Crippen molar-refractivity contribution >= 4 is 0 Å². The molecular formula is C5H5O+. The van der Waals surface area contributed by atoms with E-state index in [0.29, 0.717) is 0 Å². The van der Waals surface area contributed by atoms with E-state index in [9.17, 15) is 0 Å². The van der Waals surface area contributed by atoms with E-state index in [1.807, 2.05) is 18.2 Å². The van der Waals surface area contributed by atoms with E-state index in [-0.39, 0.29) is 0 Å². The standard InChI is InChI=1S/C5H5O/c1-2-4-6-5-3-1/h1-5H/q+1. The lowest BCUT2D eigenvalue weighted by Gasteiger charge is -1.57. The third-order valence-corrected chi connectivity index (χ3v) is 0.536. The molecule has 30 valence electrons. The summed E-state index contributed by atoms with van der Waals surface area (Å²) in [6.07, 6.45) is 3.25. The highest BCUT2D eigenvalue weighted by Gasteiger charge is 1.72. The molecule has 0 N–H and O–H groups in total. The summed E-state index contributed by atoms with van der Waals surface area (Å²) in [5.74, 6) is 0. The van der Waals surface area contributed by atoms with Crippen LogP contribution in [0.1, 0.15) is 0 Å². The molecule has 0 aromatic carbocycles. The van der Waals surface area contributed by atoms with E-state index in [0.717, 1.165) is 0 Å². The zero-order valence-electron chi connectivity index (χ0n) is 3.29. The van der Waals surface area contributed by atoms with Gasteiger partial charge in [0.2, 0.25) is 0 Å². The molecule has 1 rings (SSSR count). The van der Waals surface area contributed by atoms with Gasteiger partial charge in [-0.15, -0.1) is 0 Å². The second-order valence-electron chi connectivity index (χ2n) is 0.986. The van der Waals surface area contributed by atoms with Crippen LogP contribution >= 0.6 is 0 Å². The minimum absolute atomic E-state index is 1.62. The van der Waals surface area contributed by atoms with Crippen LogP contribution in [-0.4, -0.2) is 0 Å². The second kappa shape index (κ2) is 1.55. The third-order valence-electron chi connectivity index (χ3n) is 0.536. The van der Waals surface area contributed by atoms with Crippen LogP contribution in [0.2, 0.25) is 0 Å². The van der Waals surface area contributed by atoms with Crippen LogP contribution < -0.4 is 0 Å². The van der Waals surface area contributed by atoms with Gasteiger partial charge in [-0.05, 0) is 6.07 Å². The van der Waals surface area contributed by atoms with Gasteiger partial charge in [0.1, 0.15) is 0 Å². The molecule has 0 unspecified atom stereocenters. The summed E-state index contributed by atoms with van der Waals surface area (Å²) in [4.78, 5) is 0. The molecule has 0 aliphatic rings. The van der Waals surface area contributed by atoms with Crippen LogP contribution in [-0.2, 0) is 0 Å². The molecule has 0 saturated carbocycles. The largest absolute Gasteiger partial charge is 0.317 e. The lowest BCUT2D eigenvalue weighted by atomic mass is 10.6. The van der Waals surface area contributed by atoms with Crippen molar-refractivity contribution in [2.75, 3.05) is 0 Å². The average Bonchev–Trinajstić information content (AvgIpc) is 1.72. The van der Waals surface area contributed by atoms with E-state index in [2.05, 4.69) is 4.42 Å². The number of hydrogen-bond acceptors (Lipinski definition) is 0. The van der Waals surface area contributed by atoms with Crippen molar-refractivity contribution in [2.24, 2.45) is 0 Å². The van der Waals surface area contributed by atoms with Gasteiger partial charge < -0.3 is 0 Å². The predicted octanol–water partition coefficient (Wildman–Crippen LogP) is 1.56. The summed E-state index contributed by atoms with van der Waals surface area (Å²) < 4.78 is 4.68. The highest BCUT2D eigenvalue weighted by molar-refractivity contribution is 4.84. The van der Waals surface area contributed by atoms with Crippen LogP contribution in [0.4, 0.5) is 0 Å². The highest BCUT2D eigenvalue weighted by atomic mass is 16.3. The molecule has 0 bridgehead atoms. The first-order valence-electron chi connectivity index (χ1n) is 1.80. The fourth-order valence-corrected chi connectivity index (χ4v) is 0.291. The van der Waals surface area contributed by atoms with Crippen molar-refractivity contribution in [1.82, 2.24) is 0 Å². The molecule has 0 fully saturated rings. The van der Waals surface area contributed by atoms with Crippen molar-refractivity contribution in [3.8, 4) is 0 Å². The van der Waals surface area contributed by atoms with Gasteiger partial charge in [0, 0.05) is 12.1 Å². The Kier molecular flexibility index (Phi) is 0.865. The van der Waals surface area contributed by atoms with Crippen LogP contribution in [0.5, 0.6) is 0 Å². The smallest absolute Gasteiger partial charge is 0.224 e. The maximum Gasteiger partial charge on any atom is 0.317 e. The van der Waals surface area contributed by atoms with E-state index in [1.165, 1.54) is 0 Å². The molecule has 6 heavy (non-hydrogen) atoms. The summed E-state index contributed by atoms with van der Waals surface area (Å²) >= 11 is 0. The minimum atomic E-state index is 1.62. The molecule has 1 aromatic heterocycles. The first-order chi connectivity index (χ1) is 3.00. The first kappa shape index (κ1) is 3.34. The van der Waals surface area contributed by atoms with Crippen LogP contribution in [0.25, 0.3) is 0 Å². The lowest BCUT2D eigenvalue weighted by Crippen LogP contribution is -1.47. The van der Waals surface area contributed by atoms with E-state index in [4.69, 9.17) is 0 Å². The third kappa shape index (κ3) is 0.549. The summed E-state index contributed by atoms with van der Waals surface area (Å²) in [7, 11) is 0. The Bertz CT molecular complexity index is 75.9. The van der Waals surface area contributed by atoms with Gasteiger partial charge in [-0.1, -0.05) is 0 Å². The fourth-order valence-electron chi connectivity index (χ4n) is 0.291. The molecule has 0 radical (unpaired) electrons. The molecule has 0 saturated heterocycles. The average molecular weight is 81.1 g/mol. The molecule has 1 heteroatoms. The van der Waals surface area contributed by atoms with Gasteiger partial charge >= 0.3 is 12.5 Å². The van der Waals surface area contributed by atoms with Gasteiger partial charge in [0.05, 0.1) is 0 Å². The Morgan fingerprint density at radius 2 is 1.50 bits per heavy atom. The Balaban J connectivity index is 3.00. The highest BCUT2D eigenvalue weighted by Crippen LogP contribution is 1.79. The molecule has 1 aromatic rings. The van der Waals surface area contributed by atoms with Gasteiger partial charge in [0.15, 0.2) is 0 Å². The van der Waals surface area contributed by atoms with Crippen molar-refractivity contribution in [1.29, 1.82) is 0 Å². The maximum atomic E-state index is 4.68. The van der Waals surface area contributed by atoms with Crippen LogP contribution in [0.15, 0.2) is 35.1 Å². The van der Waals surface area contributed by atoms with Crippen LogP contribution in [0.3, 0.4) is 0 Å². The Hall–Kier alpha value is -0.850. The van der Waals surface area contributed by atoms with Crippen molar-refractivity contribution in [3.05, 3.63) is 30.7 Å². The van der Waals surface area contributed by atoms with Crippen LogP contribution in [0, 0.1) is 0 Å². The molecule has 1 nitrogen and oxygen atoms in total. The van der Waals surface area contributed by atoms with Crippen molar-refractivity contribution in [2.45, 2.75) is 0 Å². The van der Waals surface area contributed by atoms with Gasteiger partial charge in [-0.2, -0.15) is 0 Å². The zero-order chi connectivity index (χ0) is 4.24. The Morgan fingerprint density at radius 3 is 1.67 bits per heavy atom. The molecule has 1 heterocycles. The summed E-state index contributed by atoms with van der Waals surface area (Å²) in [5, 5.41) is 0. The molecule has 0 amide bonds. The molecule has 0 aliphatic heterocycles. The van der Waals surface area contributed by atoms with Crippen molar-refractivity contribution < 1.29 is 4.42 Å². The summed E-state index contributed by atoms with van der Waals surface area (Å²) in [6.45, 7) is 0.